The van der Waals surface area contributed by atoms with Crippen molar-refractivity contribution < 1.29 is 28.5 Å². The van der Waals surface area contributed by atoms with Gasteiger partial charge in [0, 0.05) is 67.6 Å². The van der Waals surface area contributed by atoms with Crippen LogP contribution < -0.4 is 4.74 Å². The molecule has 2 aromatic carbocycles. The zero-order valence-corrected chi connectivity index (χ0v) is 28.2. The van der Waals surface area contributed by atoms with E-state index in [2.05, 4.69) is 21.7 Å². The number of fused-ring (bicyclic) bond motifs is 1. The van der Waals surface area contributed by atoms with E-state index in [9.17, 15) is 9.59 Å². The van der Waals surface area contributed by atoms with Crippen LogP contribution >= 0.6 is 11.6 Å². The molecule has 0 aliphatic carbocycles. The molecule has 10 heteroatoms. The number of hydrogen-bond acceptors (Lipinski definition) is 8. The van der Waals surface area contributed by atoms with Crippen LogP contribution in [-0.4, -0.2) is 92.6 Å². The number of rotatable bonds is 14. The fourth-order valence-corrected chi connectivity index (χ4v) is 6.79. The lowest BCUT2D eigenvalue weighted by atomic mass is 9.84. The molecule has 5 rings (SSSR count). The molecule has 1 aromatic heterocycles. The standard InChI is InChI=1S/C36H48ClN3O6/c1-25(24-40-19-17-39(18-20-40)16-6-4-7-21-44-32-9-5-8-22-45-32)33(36(42)46-35(41)27-10-12-28(37)13-11-27)34-26(2)38-31-15-14-29(43-3)23-30(31)34/h10-15,23,25,32-33,38H,4-9,16-22,24H2,1-3H3. The van der Waals surface area contributed by atoms with Crippen LogP contribution in [0.25, 0.3) is 10.9 Å². The maximum atomic E-state index is 13.9. The molecule has 9 nitrogen and oxygen atoms in total. The minimum atomic E-state index is -0.684. The molecule has 2 saturated heterocycles. The largest absolute Gasteiger partial charge is 0.497 e. The number of unbranched alkanes of at least 4 members (excludes halogenated alkanes) is 2. The Morgan fingerprint density at radius 3 is 2.50 bits per heavy atom. The van der Waals surface area contributed by atoms with Crippen molar-refractivity contribution in [3.63, 3.8) is 0 Å². The number of halogens is 1. The molecule has 2 aliphatic heterocycles. The Morgan fingerprint density at radius 1 is 1.02 bits per heavy atom. The molecule has 2 aliphatic rings. The first kappa shape index (κ1) is 34.4. The van der Waals surface area contributed by atoms with E-state index >= 15 is 0 Å². The van der Waals surface area contributed by atoms with Gasteiger partial charge in [0.25, 0.3) is 0 Å². The first-order valence-corrected chi connectivity index (χ1v) is 17.1. The molecule has 0 bridgehead atoms. The van der Waals surface area contributed by atoms with E-state index in [-0.39, 0.29) is 17.8 Å². The van der Waals surface area contributed by atoms with E-state index in [1.54, 1.807) is 31.4 Å². The smallest absolute Gasteiger partial charge is 0.345 e. The van der Waals surface area contributed by atoms with Crippen LogP contribution in [0, 0.1) is 12.8 Å². The van der Waals surface area contributed by atoms with E-state index < -0.39 is 17.9 Å². The van der Waals surface area contributed by atoms with Gasteiger partial charge in [0.2, 0.25) is 0 Å². The highest BCUT2D eigenvalue weighted by Gasteiger charge is 2.35. The number of aryl methyl sites for hydroxylation is 1. The van der Waals surface area contributed by atoms with Gasteiger partial charge in [-0.05, 0) is 106 Å². The summed E-state index contributed by atoms with van der Waals surface area (Å²) in [4.78, 5) is 35.3. The molecular weight excluding hydrogens is 606 g/mol. The first-order chi connectivity index (χ1) is 22.3. The number of nitrogens with one attached hydrogen (secondary N) is 1. The molecule has 0 saturated carbocycles. The van der Waals surface area contributed by atoms with Crippen molar-refractivity contribution in [2.24, 2.45) is 5.92 Å². The number of benzene rings is 2. The number of nitrogens with zero attached hydrogens (tertiary/aromatic N) is 2. The number of aromatic nitrogens is 1. The van der Waals surface area contributed by atoms with Crippen molar-refractivity contribution in [2.75, 3.05) is 59.6 Å². The van der Waals surface area contributed by atoms with Gasteiger partial charge < -0.3 is 33.7 Å². The maximum absolute atomic E-state index is 13.9. The third-order valence-corrected chi connectivity index (χ3v) is 9.47. The summed E-state index contributed by atoms with van der Waals surface area (Å²) < 4.78 is 22.6. The van der Waals surface area contributed by atoms with Gasteiger partial charge in [0.05, 0.1) is 18.6 Å². The fourth-order valence-electron chi connectivity index (χ4n) is 6.67. The molecule has 3 unspecified atom stereocenters. The summed E-state index contributed by atoms with van der Waals surface area (Å²) in [5.41, 5.74) is 2.90. The van der Waals surface area contributed by atoms with Crippen LogP contribution in [0.15, 0.2) is 42.5 Å². The Bertz CT molecular complexity index is 1430. The number of methoxy groups -OCH3 is 1. The van der Waals surface area contributed by atoms with Crippen LogP contribution in [0.1, 0.15) is 73.0 Å². The van der Waals surface area contributed by atoms with Gasteiger partial charge in [-0.25, -0.2) is 4.79 Å². The van der Waals surface area contributed by atoms with Crippen molar-refractivity contribution in [1.29, 1.82) is 0 Å². The second-order valence-electron chi connectivity index (χ2n) is 12.6. The lowest BCUT2D eigenvalue weighted by Gasteiger charge is -2.37. The van der Waals surface area contributed by atoms with Crippen molar-refractivity contribution in [3.05, 3.63) is 64.3 Å². The van der Waals surface area contributed by atoms with Crippen LogP contribution in [0.3, 0.4) is 0 Å². The number of carbonyl (C=O) groups is 2. The number of aromatic amines is 1. The molecule has 2 fully saturated rings. The van der Waals surface area contributed by atoms with Gasteiger partial charge in [0.15, 0.2) is 6.29 Å². The predicted molar refractivity (Wildman–Crippen MR) is 180 cm³/mol. The number of ether oxygens (including phenoxy) is 4. The third-order valence-electron chi connectivity index (χ3n) is 9.22. The molecular formula is C36H48ClN3O6. The molecule has 46 heavy (non-hydrogen) atoms. The number of H-pyrrole nitrogens is 1. The molecule has 0 radical (unpaired) electrons. The third kappa shape index (κ3) is 9.10. The van der Waals surface area contributed by atoms with E-state index in [1.807, 2.05) is 25.1 Å². The lowest BCUT2D eigenvalue weighted by Crippen LogP contribution is -2.48. The topological polar surface area (TPSA) is 93.3 Å². The normalized spacial score (nSPS) is 19.2. The molecule has 0 spiro atoms. The molecule has 1 N–H and O–H groups in total. The SMILES string of the molecule is COc1ccc2[nH]c(C)c(C(C(=O)OC(=O)c3ccc(Cl)cc3)C(C)CN3CCN(CCCCCOC4CCCCO4)CC3)c2c1. The molecule has 250 valence electrons. The van der Waals surface area contributed by atoms with Gasteiger partial charge in [-0.1, -0.05) is 18.5 Å². The van der Waals surface area contributed by atoms with Crippen molar-refractivity contribution in [2.45, 2.75) is 64.6 Å². The zero-order valence-electron chi connectivity index (χ0n) is 27.4. The van der Waals surface area contributed by atoms with Crippen molar-refractivity contribution in [1.82, 2.24) is 14.8 Å². The second-order valence-corrected chi connectivity index (χ2v) is 13.1. The maximum Gasteiger partial charge on any atom is 0.345 e. The highest BCUT2D eigenvalue weighted by atomic mass is 35.5. The second kappa shape index (κ2) is 16.7. The van der Waals surface area contributed by atoms with Gasteiger partial charge in [-0.3, -0.25) is 4.79 Å². The van der Waals surface area contributed by atoms with Crippen molar-refractivity contribution >= 4 is 34.4 Å². The van der Waals surface area contributed by atoms with Crippen LogP contribution in [-0.2, 0) is 19.0 Å². The zero-order chi connectivity index (χ0) is 32.5. The molecule has 3 heterocycles. The fraction of sp³-hybridized carbons (Fsp3) is 0.556. The Hall–Kier alpha value is -2.95. The average molecular weight is 654 g/mol. The molecule has 0 amide bonds. The Labute approximate surface area is 277 Å². The van der Waals surface area contributed by atoms with Gasteiger partial charge in [-0.2, -0.15) is 0 Å². The van der Waals surface area contributed by atoms with Gasteiger partial charge in [-0.15, -0.1) is 0 Å². The molecule has 3 aromatic rings. The Morgan fingerprint density at radius 2 is 1.78 bits per heavy atom. The van der Waals surface area contributed by atoms with Crippen LogP contribution in [0.5, 0.6) is 5.75 Å². The number of hydrogen-bond donors (Lipinski definition) is 1. The summed E-state index contributed by atoms with van der Waals surface area (Å²) >= 11 is 6.00. The highest BCUT2D eigenvalue weighted by molar-refractivity contribution is 6.30. The summed E-state index contributed by atoms with van der Waals surface area (Å²) in [6.45, 7) is 11.3. The van der Waals surface area contributed by atoms with E-state index in [4.69, 9.17) is 30.5 Å². The summed E-state index contributed by atoms with van der Waals surface area (Å²) in [7, 11) is 1.63. The monoisotopic (exact) mass is 653 g/mol. The van der Waals surface area contributed by atoms with E-state index in [0.29, 0.717) is 17.3 Å². The Balaban J connectivity index is 1.18. The predicted octanol–water partition coefficient (Wildman–Crippen LogP) is 6.57. The Kier molecular flexibility index (Phi) is 12.5. The summed E-state index contributed by atoms with van der Waals surface area (Å²) in [6.07, 6.45) is 6.72. The summed E-state index contributed by atoms with van der Waals surface area (Å²) in [6, 6.07) is 12.1. The minimum Gasteiger partial charge on any atom is -0.497 e. The average Bonchev–Trinajstić information content (AvgIpc) is 3.38. The quantitative estimate of drug-likeness (QED) is 0.119. The lowest BCUT2D eigenvalue weighted by molar-refractivity contribution is -0.162. The number of carbonyl (C=O) groups excluding carboxylic acids is 2. The van der Waals surface area contributed by atoms with E-state index in [0.717, 1.165) is 100 Å². The van der Waals surface area contributed by atoms with Crippen LogP contribution in [0.4, 0.5) is 0 Å². The number of piperazine rings is 1. The summed E-state index contributed by atoms with van der Waals surface area (Å²) in [5, 5.41) is 1.40. The van der Waals surface area contributed by atoms with Gasteiger partial charge in [0.1, 0.15) is 5.75 Å². The summed E-state index contributed by atoms with van der Waals surface area (Å²) in [5.74, 6) is -1.31. The van der Waals surface area contributed by atoms with Crippen molar-refractivity contribution in [3.8, 4) is 5.75 Å². The van der Waals surface area contributed by atoms with Gasteiger partial charge >= 0.3 is 11.9 Å². The number of esters is 2. The van der Waals surface area contributed by atoms with E-state index in [1.165, 1.54) is 6.42 Å². The highest BCUT2D eigenvalue weighted by Crippen LogP contribution is 2.37. The van der Waals surface area contributed by atoms with Crippen LogP contribution in [0.2, 0.25) is 5.02 Å². The molecule has 3 atom stereocenters. The minimum absolute atomic E-state index is 0.00245. The first-order valence-electron chi connectivity index (χ1n) is 16.7.